The standard InChI is InChI=1S/C10H16BrNOS/c1-14-8-3-2-7(6-8)12-5-4-9(11)10(12)13/h7-9H,2-6H2,1H3. The van der Waals surface area contributed by atoms with Gasteiger partial charge in [-0.2, -0.15) is 11.8 Å². The maximum absolute atomic E-state index is 11.8. The third-order valence-corrected chi connectivity index (χ3v) is 5.25. The van der Waals surface area contributed by atoms with Crippen molar-refractivity contribution in [1.29, 1.82) is 0 Å². The molecule has 4 heteroatoms. The van der Waals surface area contributed by atoms with E-state index in [0.717, 1.165) is 18.2 Å². The van der Waals surface area contributed by atoms with Gasteiger partial charge < -0.3 is 4.90 Å². The van der Waals surface area contributed by atoms with Crippen molar-refractivity contribution in [2.75, 3.05) is 12.8 Å². The van der Waals surface area contributed by atoms with E-state index in [1.54, 1.807) is 0 Å². The fourth-order valence-electron chi connectivity index (χ4n) is 2.44. The lowest BCUT2D eigenvalue weighted by molar-refractivity contribution is -0.129. The lowest BCUT2D eigenvalue weighted by Gasteiger charge is -2.23. The number of likely N-dealkylation sites (tertiary alicyclic amines) is 1. The Hall–Kier alpha value is 0.300. The Morgan fingerprint density at radius 3 is 2.71 bits per heavy atom. The molecule has 0 aromatic carbocycles. The van der Waals surface area contributed by atoms with Gasteiger partial charge in [0.2, 0.25) is 5.91 Å². The first-order valence-corrected chi connectivity index (χ1v) is 7.40. The average molecular weight is 278 g/mol. The van der Waals surface area contributed by atoms with Crippen LogP contribution in [0.2, 0.25) is 0 Å². The van der Waals surface area contributed by atoms with Crippen molar-refractivity contribution in [2.24, 2.45) is 0 Å². The van der Waals surface area contributed by atoms with Crippen LogP contribution in [0.25, 0.3) is 0 Å². The lowest BCUT2D eigenvalue weighted by atomic mass is 10.2. The number of carbonyl (C=O) groups is 1. The molecule has 1 saturated heterocycles. The second kappa shape index (κ2) is 4.44. The van der Waals surface area contributed by atoms with Crippen LogP contribution in [-0.4, -0.2) is 39.7 Å². The highest BCUT2D eigenvalue weighted by Gasteiger charge is 2.37. The van der Waals surface area contributed by atoms with Crippen molar-refractivity contribution in [2.45, 2.75) is 41.8 Å². The molecule has 1 aliphatic carbocycles. The Kier molecular flexibility index (Phi) is 3.42. The minimum absolute atomic E-state index is 0.0934. The predicted octanol–water partition coefficient (Wildman–Crippen LogP) is 2.27. The number of halogens is 1. The second-order valence-corrected chi connectivity index (χ2v) is 6.36. The van der Waals surface area contributed by atoms with Crippen molar-refractivity contribution in [1.82, 2.24) is 4.90 Å². The Labute approximate surface area is 97.9 Å². The molecule has 2 fully saturated rings. The average Bonchev–Trinajstić information content (AvgIpc) is 2.75. The molecule has 1 heterocycles. The van der Waals surface area contributed by atoms with Gasteiger partial charge in [-0.1, -0.05) is 15.9 Å². The summed E-state index contributed by atoms with van der Waals surface area (Å²) in [6, 6.07) is 0.530. The van der Waals surface area contributed by atoms with E-state index in [1.165, 1.54) is 19.3 Å². The van der Waals surface area contributed by atoms with Crippen molar-refractivity contribution in [3.05, 3.63) is 0 Å². The van der Waals surface area contributed by atoms with Crippen molar-refractivity contribution < 1.29 is 4.79 Å². The largest absolute Gasteiger partial charge is 0.339 e. The zero-order valence-corrected chi connectivity index (χ0v) is 10.8. The van der Waals surface area contributed by atoms with Gasteiger partial charge in [-0.05, 0) is 31.9 Å². The number of rotatable bonds is 2. The summed E-state index contributed by atoms with van der Waals surface area (Å²) in [4.78, 5) is 13.9. The number of nitrogens with zero attached hydrogens (tertiary/aromatic N) is 1. The monoisotopic (exact) mass is 277 g/mol. The molecule has 14 heavy (non-hydrogen) atoms. The Balaban J connectivity index is 1.94. The van der Waals surface area contributed by atoms with Crippen LogP contribution < -0.4 is 0 Å². The first-order valence-electron chi connectivity index (χ1n) is 5.19. The van der Waals surface area contributed by atoms with Gasteiger partial charge in [0.25, 0.3) is 0 Å². The molecule has 3 atom stereocenters. The van der Waals surface area contributed by atoms with Crippen molar-refractivity contribution in [3.63, 3.8) is 0 Å². The molecule has 1 aliphatic heterocycles. The van der Waals surface area contributed by atoms with Crippen LogP contribution in [0.15, 0.2) is 0 Å². The molecule has 0 bridgehead atoms. The van der Waals surface area contributed by atoms with Crippen LogP contribution in [0.5, 0.6) is 0 Å². The molecule has 0 N–H and O–H groups in total. The Morgan fingerprint density at radius 1 is 1.43 bits per heavy atom. The van der Waals surface area contributed by atoms with Crippen LogP contribution in [0.3, 0.4) is 0 Å². The zero-order valence-electron chi connectivity index (χ0n) is 8.41. The highest BCUT2D eigenvalue weighted by Crippen LogP contribution is 2.34. The number of thioether (sulfide) groups is 1. The minimum atomic E-state index is 0.0934. The smallest absolute Gasteiger partial charge is 0.236 e. The van der Waals surface area contributed by atoms with Crippen LogP contribution in [0.1, 0.15) is 25.7 Å². The van der Waals surface area contributed by atoms with Gasteiger partial charge in [-0.25, -0.2) is 0 Å². The summed E-state index contributed by atoms with van der Waals surface area (Å²) < 4.78 is 0. The molecule has 3 unspecified atom stereocenters. The Morgan fingerprint density at radius 2 is 2.21 bits per heavy atom. The molecular formula is C10H16BrNOS. The molecule has 2 rings (SSSR count). The van der Waals surface area contributed by atoms with E-state index >= 15 is 0 Å². The van der Waals surface area contributed by atoms with E-state index in [2.05, 4.69) is 27.1 Å². The van der Waals surface area contributed by atoms with Crippen LogP contribution >= 0.6 is 27.7 Å². The van der Waals surface area contributed by atoms with E-state index in [-0.39, 0.29) is 4.83 Å². The van der Waals surface area contributed by atoms with E-state index in [1.807, 2.05) is 11.8 Å². The summed E-state index contributed by atoms with van der Waals surface area (Å²) in [7, 11) is 0. The maximum atomic E-state index is 11.8. The zero-order chi connectivity index (χ0) is 10.1. The summed E-state index contributed by atoms with van der Waals surface area (Å²) in [5.74, 6) is 0.316. The van der Waals surface area contributed by atoms with Gasteiger partial charge in [-0.15, -0.1) is 0 Å². The third kappa shape index (κ3) is 1.96. The number of alkyl halides is 1. The quantitative estimate of drug-likeness (QED) is 0.722. The van der Waals surface area contributed by atoms with Crippen molar-refractivity contribution in [3.8, 4) is 0 Å². The molecule has 0 aromatic heterocycles. The second-order valence-electron chi connectivity index (χ2n) is 4.11. The Bertz CT molecular complexity index is 236. The number of carbonyl (C=O) groups excluding carboxylic acids is 1. The van der Waals surface area contributed by atoms with Gasteiger partial charge in [0.15, 0.2) is 0 Å². The SMILES string of the molecule is CSC1CCC(N2CCC(Br)C2=O)C1. The molecule has 0 spiro atoms. The van der Waals surface area contributed by atoms with Crippen LogP contribution in [0.4, 0.5) is 0 Å². The fourth-order valence-corrected chi connectivity index (χ4v) is 3.70. The number of hydrogen-bond acceptors (Lipinski definition) is 2. The number of hydrogen-bond donors (Lipinski definition) is 0. The predicted molar refractivity (Wildman–Crippen MR) is 64.0 cm³/mol. The third-order valence-electron chi connectivity index (χ3n) is 3.31. The van der Waals surface area contributed by atoms with E-state index in [4.69, 9.17) is 0 Å². The fraction of sp³-hybridized carbons (Fsp3) is 0.900. The first kappa shape index (κ1) is 10.8. The maximum Gasteiger partial charge on any atom is 0.236 e. The summed E-state index contributed by atoms with van der Waals surface area (Å²) in [6.45, 7) is 0.959. The van der Waals surface area contributed by atoms with Gasteiger partial charge >= 0.3 is 0 Å². The molecule has 0 aromatic rings. The molecule has 80 valence electrons. The van der Waals surface area contributed by atoms with E-state index in [9.17, 15) is 4.79 Å². The summed E-state index contributed by atoms with van der Waals surface area (Å²) in [5.41, 5.74) is 0. The highest BCUT2D eigenvalue weighted by atomic mass is 79.9. The summed E-state index contributed by atoms with van der Waals surface area (Å²) in [5, 5.41) is 0.780. The molecule has 2 nitrogen and oxygen atoms in total. The van der Waals surface area contributed by atoms with E-state index < -0.39 is 0 Å². The van der Waals surface area contributed by atoms with Gasteiger partial charge in [-0.3, -0.25) is 4.79 Å². The van der Waals surface area contributed by atoms with E-state index in [0.29, 0.717) is 11.9 Å². The lowest BCUT2D eigenvalue weighted by Crippen LogP contribution is -2.36. The first-order chi connectivity index (χ1) is 6.72. The van der Waals surface area contributed by atoms with Crippen LogP contribution in [0, 0.1) is 0 Å². The molecule has 1 amide bonds. The molecule has 0 radical (unpaired) electrons. The summed E-state index contributed by atoms with van der Waals surface area (Å²) >= 11 is 5.37. The van der Waals surface area contributed by atoms with Gasteiger partial charge in [0.1, 0.15) is 0 Å². The number of amides is 1. The minimum Gasteiger partial charge on any atom is -0.339 e. The molecular weight excluding hydrogens is 262 g/mol. The van der Waals surface area contributed by atoms with Crippen LogP contribution in [-0.2, 0) is 4.79 Å². The molecule has 1 saturated carbocycles. The van der Waals surface area contributed by atoms with Gasteiger partial charge in [0.05, 0.1) is 4.83 Å². The highest BCUT2D eigenvalue weighted by molar-refractivity contribution is 9.10. The normalized spacial score (nSPS) is 38.3. The van der Waals surface area contributed by atoms with Gasteiger partial charge in [0, 0.05) is 17.8 Å². The van der Waals surface area contributed by atoms with Crippen molar-refractivity contribution >= 4 is 33.6 Å². The molecule has 2 aliphatic rings. The topological polar surface area (TPSA) is 20.3 Å². The summed E-state index contributed by atoms with van der Waals surface area (Å²) in [6.07, 6.45) is 6.84.